The average Bonchev–Trinajstić information content (AvgIpc) is 2.08. The number of hydrogen-bond donors (Lipinski definition) is 1. The second kappa shape index (κ2) is 6.63. The molecular formula is C13H23NO. The molecule has 0 aliphatic rings. The Hall–Kier alpha value is -0.810. The smallest absolute Gasteiger partial charge is 0.129 e. The van der Waals surface area contributed by atoms with E-state index in [0.717, 1.165) is 19.4 Å². The van der Waals surface area contributed by atoms with Crippen molar-refractivity contribution >= 4 is 5.78 Å². The summed E-state index contributed by atoms with van der Waals surface area (Å²) in [5.74, 6) is 2.88. The molecule has 1 atom stereocenters. The van der Waals surface area contributed by atoms with Crippen LogP contribution in [0.1, 0.15) is 47.0 Å². The van der Waals surface area contributed by atoms with Gasteiger partial charge in [-0.1, -0.05) is 26.7 Å². The summed E-state index contributed by atoms with van der Waals surface area (Å²) in [5.41, 5.74) is 0.326. The maximum Gasteiger partial charge on any atom is 0.129 e. The van der Waals surface area contributed by atoms with Crippen molar-refractivity contribution in [3.05, 3.63) is 0 Å². The van der Waals surface area contributed by atoms with Crippen LogP contribution in [0.15, 0.2) is 0 Å². The maximum absolute atomic E-state index is 10.8. The van der Waals surface area contributed by atoms with E-state index in [2.05, 4.69) is 32.0 Å². The number of carbonyl (C=O) groups is 1. The normalized spacial score (nSPS) is 13.3. The van der Waals surface area contributed by atoms with Gasteiger partial charge in [-0.2, -0.15) is 0 Å². The summed E-state index contributed by atoms with van der Waals surface area (Å²) < 4.78 is 0. The van der Waals surface area contributed by atoms with Gasteiger partial charge in [0.25, 0.3) is 0 Å². The lowest BCUT2D eigenvalue weighted by Crippen LogP contribution is -2.30. The molecule has 0 amide bonds. The van der Waals surface area contributed by atoms with Gasteiger partial charge in [-0.15, -0.1) is 6.42 Å². The highest BCUT2D eigenvalue weighted by molar-refractivity contribution is 5.75. The van der Waals surface area contributed by atoms with Crippen LogP contribution in [0.4, 0.5) is 0 Å². The summed E-state index contributed by atoms with van der Waals surface area (Å²) in [6.07, 6.45) is 7.79. The van der Waals surface area contributed by atoms with Crippen LogP contribution < -0.4 is 5.32 Å². The fourth-order valence-corrected chi connectivity index (χ4v) is 1.21. The molecule has 0 aromatic heterocycles. The van der Waals surface area contributed by atoms with Gasteiger partial charge in [-0.25, -0.2) is 0 Å². The molecule has 0 aromatic carbocycles. The lowest BCUT2D eigenvalue weighted by atomic mass is 9.92. The summed E-state index contributed by atoms with van der Waals surface area (Å²) in [6, 6.07) is 0.0382. The predicted molar refractivity (Wildman–Crippen MR) is 64.6 cm³/mol. The molecule has 0 aromatic rings. The Morgan fingerprint density at radius 2 is 2.07 bits per heavy atom. The Kier molecular flexibility index (Phi) is 6.27. The number of hydrogen-bond acceptors (Lipinski definition) is 2. The molecule has 0 bridgehead atoms. The van der Waals surface area contributed by atoms with Crippen LogP contribution in [0.2, 0.25) is 0 Å². The van der Waals surface area contributed by atoms with Crippen molar-refractivity contribution in [1.82, 2.24) is 5.32 Å². The number of terminal acetylenes is 1. The van der Waals surface area contributed by atoms with E-state index in [0.29, 0.717) is 11.8 Å². The van der Waals surface area contributed by atoms with Crippen molar-refractivity contribution in [2.75, 3.05) is 6.54 Å². The lowest BCUT2D eigenvalue weighted by Gasteiger charge is -2.20. The Bertz CT molecular complexity index is 232. The molecule has 0 heterocycles. The van der Waals surface area contributed by atoms with E-state index in [1.807, 2.05) is 0 Å². The fraction of sp³-hybridized carbons (Fsp3) is 0.769. The zero-order valence-electron chi connectivity index (χ0n) is 10.4. The highest BCUT2D eigenvalue weighted by Crippen LogP contribution is 2.17. The van der Waals surface area contributed by atoms with Gasteiger partial charge >= 0.3 is 0 Å². The third-order valence-corrected chi connectivity index (χ3v) is 2.25. The summed E-state index contributed by atoms with van der Waals surface area (Å²) in [4.78, 5) is 10.8. The molecular weight excluding hydrogens is 186 g/mol. The average molecular weight is 209 g/mol. The molecule has 0 spiro atoms. The zero-order chi connectivity index (χ0) is 11.9. The minimum atomic E-state index is 0.0382. The minimum Gasteiger partial charge on any atom is -0.304 e. The van der Waals surface area contributed by atoms with Gasteiger partial charge in [0.05, 0.1) is 6.04 Å². The first-order valence-electron chi connectivity index (χ1n) is 5.54. The van der Waals surface area contributed by atoms with Crippen LogP contribution in [0.5, 0.6) is 0 Å². The summed E-state index contributed by atoms with van der Waals surface area (Å²) >= 11 is 0. The molecule has 0 fully saturated rings. The number of ketones is 1. The molecule has 0 saturated carbocycles. The lowest BCUT2D eigenvalue weighted by molar-refractivity contribution is -0.117. The summed E-state index contributed by atoms with van der Waals surface area (Å²) in [5, 5.41) is 3.29. The van der Waals surface area contributed by atoms with E-state index in [9.17, 15) is 4.79 Å². The van der Waals surface area contributed by atoms with Crippen molar-refractivity contribution in [2.24, 2.45) is 5.41 Å². The van der Waals surface area contributed by atoms with Crippen molar-refractivity contribution in [3.63, 3.8) is 0 Å². The number of nitrogens with one attached hydrogen (secondary N) is 1. The standard InChI is InChI=1S/C13H23NO/c1-6-12(8-7-11(2)15)14-10-9-13(3,4)5/h1,12,14H,7-10H2,2-5H3. The Morgan fingerprint density at radius 1 is 1.47 bits per heavy atom. The van der Waals surface area contributed by atoms with Gasteiger partial charge < -0.3 is 10.1 Å². The van der Waals surface area contributed by atoms with E-state index < -0.39 is 0 Å². The molecule has 1 N–H and O–H groups in total. The number of rotatable bonds is 6. The third kappa shape index (κ3) is 9.49. The summed E-state index contributed by atoms with van der Waals surface area (Å²) in [7, 11) is 0. The fourth-order valence-electron chi connectivity index (χ4n) is 1.21. The number of Topliss-reactive ketones (excluding diaryl/α,β-unsaturated/α-hetero) is 1. The van der Waals surface area contributed by atoms with Crippen molar-refractivity contribution in [2.45, 2.75) is 53.0 Å². The molecule has 0 radical (unpaired) electrons. The first-order valence-corrected chi connectivity index (χ1v) is 5.54. The quantitative estimate of drug-likeness (QED) is 0.681. The van der Waals surface area contributed by atoms with Gasteiger partial charge in [-0.3, -0.25) is 0 Å². The van der Waals surface area contributed by atoms with Gasteiger partial charge in [0.1, 0.15) is 5.78 Å². The topological polar surface area (TPSA) is 29.1 Å². The van der Waals surface area contributed by atoms with Crippen molar-refractivity contribution < 1.29 is 4.79 Å². The van der Waals surface area contributed by atoms with Gasteiger partial charge in [0, 0.05) is 6.42 Å². The van der Waals surface area contributed by atoms with E-state index in [-0.39, 0.29) is 11.8 Å². The molecule has 0 rings (SSSR count). The van der Waals surface area contributed by atoms with E-state index in [4.69, 9.17) is 6.42 Å². The molecule has 0 aliphatic carbocycles. The zero-order valence-corrected chi connectivity index (χ0v) is 10.4. The van der Waals surface area contributed by atoms with Crippen LogP contribution in [0.25, 0.3) is 0 Å². The largest absolute Gasteiger partial charge is 0.304 e. The monoisotopic (exact) mass is 209 g/mol. The predicted octanol–water partition coefficient (Wildman–Crippen LogP) is 2.38. The van der Waals surface area contributed by atoms with Crippen molar-refractivity contribution in [1.29, 1.82) is 0 Å². The van der Waals surface area contributed by atoms with Crippen molar-refractivity contribution in [3.8, 4) is 12.3 Å². The Balaban J connectivity index is 3.73. The second-order valence-corrected chi connectivity index (χ2v) is 5.22. The Morgan fingerprint density at radius 3 is 2.47 bits per heavy atom. The SMILES string of the molecule is C#CC(CCC(C)=O)NCCC(C)(C)C. The highest BCUT2D eigenvalue weighted by atomic mass is 16.1. The van der Waals surface area contributed by atoms with Crippen LogP contribution in [0.3, 0.4) is 0 Å². The van der Waals surface area contributed by atoms with E-state index >= 15 is 0 Å². The van der Waals surface area contributed by atoms with Gasteiger partial charge in [0.2, 0.25) is 0 Å². The highest BCUT2D eigenvalue weighted by Gasteiger charge is 2.11. The van der Waals surface area contributed by atoms with Crippen LogP contribution in [0, 0.1) is 17.8 Å². The molecule has 2 nitrogen and oxygen atoms in total. The van der Waals surface area contributed by atoms with Gasteiger partial charge in [-0.05, 0) is 31.7 Å². The molecule has 15 heavy (non-hydrogen) atoms. The molecule has 0 saturated heterocycles. The molecule has 86 valence electrons. The third-order valence-electron chi connectivity index (χ3n) is 2.25. The molecule has 2 heteroatoms. The minimum absolute atomic E-state index is 0.0382. The van der Waals surface area contributed by atoms with Crippen LogP contribution in [-0.4, -0.2) is 18.4 Å². The number of carbonyl (C=O) groups excluding carboxylic acids is 1. The van der Waals surface area contributed by atoms with E-state index in [1.165, 1.54) is 0 Å². The van der Waals surface area contributed by atoms with E-state index in [1.54, 1.807) is 6.92 Å². The molecule has 1 unspecified atom stereocenters. The second-order valence-electron chi connectivity index (χ2n) is 5.22. The first kappa shape index (κ1) is 14.2. The maximum atomic E-state index is 10.8. The van der Waals surface area contributed by atoms with Crippen LogP contribution >= 0.6 is 0 Å². The van der Waals surface area contributed by atoms with Gasteiger partial charge in [0.15, 0.2) is 0 Å². The Labute approximate surface area is 93.8 Å². The van der Waals surface area contributed by atoms with Crippen LogP contribution in [-0.2, 0) is 4.79 Å². The molecule has 0 aliphatic heterocycles. The summed E-state index contributed by atoms with van der Waals surface area (Å²) in [6.45, 7) is 9.12. The first-order chi connectivity index (χ1) is 6.85.